The molecule has 0 bridgehead atoms. The van der Waals surface area contributed by atoms with Crippen molar-refractivity contribution in [2.24, 2.45) is 0 Å². The number of carboxylic acid groups (broad SMARTS) is 1. The molecule has 0 amide bonds. The second-order valence-electron chi connectivity index (χ2n) is 3.48. The molecule has 0 atom stereocenters. The van der Waals surface area contributed by atoms with Crippen LogP contribution < -0.4 is 4.72 Å². The number of rotatable bonds is 5. The molecule has 0 aromatic heterocycles. The van der Waals surface area contributed by atoms with Crippen molar-refractivity contribution in [3.8, 4) is 11.8 Å². The molecule has 1 aromatic rings. The number of sulfonamides is 1. The van der Waals surface area contributed by atoms with Gasteiger partial charge in [-0.3, -0.25) is 4.79 Å². The minimum absolute atomic E-state index is 0.0137. The Hall–Kier alpha value is -1.36. The number of carboxylic acids is 1. The summed E-state index contributed by atoms with van der Waals surface area (Å²) in [4.78, 5) is 10.3. The van der Waals surface area contributed by atoms with Gasteiger partial charge in [0.15, 0.2) is 0 Å². The van der Waals surface area contributed by atoms with Crippen LogP contribution in [0.4, 0.5) is 0 Å². The number of carbonyl (C=O) groups is 1. The van der Waals surface area contributed by atoms with Crippen LogP contribution >= 0.6 is 15.9 Å². The Morgan fingerprint density at radius 3 is 2.47 bits per heavy atom. The Kier molecular flexibility index (Phi) is 6.02. The van der Waals surface area contributed by atoms with Gasteiger partial charge in [0.1, 0.15) is 6.54 Å². The standard InChI is InChI=1S/C12H12BrNO4S/c13-8-2-1-3-10-4-6-11(7-5-10)19(17,18)14-9-12(15)16/h4-7,14H,2,8-9H2,(H,15,16). The minimum Gasteiger partial charge on any atom is -0.480 e. The number of halogens is 1. The zero-order valence-electron chi connectivity index (χ0n) is 9.89. The van der Waals surface area contributed by atoms with Crippen LogP contribution in [-0.4, -0.2) is 31.4 Å². The smallest absolute Gasteiger partial charge is 0.318 e. The molecule has 0 saturated carbocycles. The summed E-state index contributed by atoms with van der Waals surface area (Å²) in [6, 6.07) is 5.94. The van der Waals surface area contributed by atoms with Gasteiger partial charge in [0.05, 0.1) is 4.90 Å². The fourth-order valence-electron chi connectivity index (χ4n) is 1.17. The first kappa shape index (κ1) is 15.7. The van der Waals surface area contributed by atoms with E-state index in [-0.39, 0.29) is 4.90 Å². The lowest BCUT2D eigenvalue weighted by molar-refractivity contribution is -0.135. The number of nitrogens with one attached hydrogen (secondary N) is 1. The Balaban J connectivity index is 2.81. The SMILES string of the molecule is O=C(O)CNS(=O)(=O)c1ccc(C#CCCBr)cc1. The molecule has 19 heavy (non-hydrogen) atoms. The minimum atomic E-state index is -3.78. The molecule has 0 unspecified atom stereocenters. The van der Waals surface area contributed by atoms with E-state index in [4.69, 9.17) is 5.11 Å². The quantitative estimate of drug-likeness (QED) is 0.620. The van der Waals surface area contributed by atoms with E-state index in [0.717, 1.165) is 5.33 Å². The maximum absolute atomic E-state index is 11.7. The third-order valence-electron chi connectivity index (χ3n) is 2.03. The summed E-state index contributed by atoms with van der Waals surface area (Å²) in [6.45, 7) is -0.644. The predicted octanol–water partition coefficient (Wildman–Crippen LogP) is 1.19. The topological polar surface area (TPSA) is 83.5 Å². The van der Waals surface area contributed by atoms with Crippen LogP contribution in [0.5, 0.6) is 0 Å². The summed E-state index contributed by atoms with van der Waals surface area (Å²) in [7, 11) is -3.78. The van der Waals surface area contributed by atoms with Crippen LogP contribution in [0.15, 0.2) is 29.2 Å². The van der Waals surface area contributed by atoms with E-state index in [1.54, 1.807) is 12.1 Å². The third-order valence-corrected chi connectivity index (χ3v) is 3.84. The maximum atomic E-state index is 11.7. The molecule has 0 heterocycles. The molecule has 102 valence electrons. The van der Waals surface area contributed by atoms with Crippen molar-refractivity contribution in [3.63, 3.8) is 0 Å². The summed E-state index contributed by atoms with van der Waals surface area (Å²) in [5, 5.41) is 9.22. The Labute approximate surface area is 120 Å². The van der Waals surface area contributed by atoms with Crippen LogP contribution in [0.3, 0.4) is 0 Å². The van der Waals surface area contributed by atoms with Crippen molar-refractivity contribution >= 4 is 31.9 Å². The molecule has 0 aliphatic rings. The van der Waals surface area contributed by atoms with Gasteiger partial charge in [-0.2, -0.15) is 4.72 Å². The highest BCUT2D eigenvalue weighted by Crippen LogP contribution is 2.09. The molecule has 2 N–H and O–H groups in total. The van der Waals surface area contributed by atoms with Gasteiger partial charge in [-0.1, -0.05) is 27.8 Å². The van der Waals surface area contributed by atoms with Crippen molar-refractivity contribution in [1.29, 1.82) is 0 Å². The first-order chi connectivity index (χ1) is 8.95. The van der Waals surface area contributed by atoms with E-state index in [9.17, 15) is 13.2 Å². The summed E-state index contributed by atoms with van der Waals surface area (Å²) in [5.74, 6) is 4.56. The summed E-state index contributed by atoms with van der Waals surface area (Å²) < 4.78 is 25.4. The Morgan fingerprint density at radius 2 is 1.95 bits per heavy atom. The van der Waals surface area contributed by atoms with Gasteiger partial charge in [0.2, 0.25) is 10.0 Å². The van der Waals surface area contributed by atoms with Crippen LogP contribution in [0.1, 0.15) is 12.0 Å². The maximum Gasteiger partial charge on any atom is 0.318 e. The van der Waals surface area contributed by atoms with E-state index in [1.807, 2.05) is 4.72 Å². The van der Waals surface area contributed by atoms with E-state index >= 15 is 0 Å². The normalized spacial score (nSPS) is 10.6. The number of alkyl halides is 1. The first-order valence-electron chi connectivity index (χ1n) is 5.32. The van der Waals surface area contributed by atoms with Crippen molar-refractivity contribution in [3.05, 3.63) is 29.8 Å². The Bertz CT molecular complexity index is 599. The number of hydrogen-bond acceptors (Lipinski definition) is 3. The van der Waals surface area contributed by atoms with Crippen molar-refractivity contribution < 1.29 is 18.3 Å². The van der Waals surface area contributed by atoms with E-state index in [2.05, 4.69) is 27.8 Å². The van der Waals surface area contributed by atoms with Gasteiger partial charge < -0.3 is 5.11 Å². The predicted molar refractivity (Wildman–Crippen MR) is 74.6 cm³/mol. The lowest BCUT2D eigenvalue weighted by Crippen LogP contribution is -2.29. The van der Waals surface area contributed by atoms with Gasteiger partial charge in [-0.15, -0.1) is 0 Å². The zero-order chi connectivity index (χ0) is 14.3. The van der Waals surface area contributed by atoms with E-state index in [1.165, 1.54) is 12.1 Å². The average Bonchev–Trinajstić information content (AvgIpc) is 2.37. The fourth-order valence-corrected chi connectivity index (χ4v) is 2.34. The van der Waals surface area contributed by atoms with Gasteiger partial charge in [-0.25, -0.2) is 8.42 Å². The fraction of sp³-hybridized carbons (Fsp3) is 0.250. The zero-order valence-corrected chi connectivity index (χ0v) is 12.3. The molecule has 0 aliphatic carbocycles. The molecule has 0 saturated heterocycles. The molecule has 1 rings (SSSR count). The van der Waals surface area contributed by atoms with Crippen LogP contribution in [0.2, 0.25) is 0 Å². The Morgan fingerprint density at radius 1 is 1.32 bits per heavy atom. The van der Waals surface area contributed by atoms with Crippen LogP contribution in [0, 0.1) is 11.8 Å². The molecule has 1 aromatic carbocycles. The molecule has 0 radical (unpaired) electrons. The van der Waals surface area contributed by atoms with Gasteiger partial charge in [0, 0.05) is 17.3 Å². The number of hydrogen-bond donors (Lipinski definition) is 2. The average molecular weight is 346 g/mol. The summed E-state index contributed by atoms with van der Waals surface area (Å²) in [6.07, 6.45) is 0.709. The third kappa shape index (κ3) is 5.42. The largest absolute Gasteiger partial charge is 0.480 e. The van der Waals surface area contributed by atoms with Gasteiger partial charge in [0.25, 0.3) is 0 Å². The second-order valence-corrected chi connectivity index (χ2v) is 6.04. The first-order valence-corrected chi connectivity index (χ1v) is 7.92. The number of aliphatic carboxylic acids is 1. The van der Waals surface area contributed by atoms with Gasteiger partial charge in [-0.05, 0) is 24.3 Å². The molecular weight excluding hydrogens is 334 g/mol. The van der Waals surface area contributed by atoms with E-state index in [0.29, 0.717) is 12.0 Å². The monoisotopic (exact) mass is 345 g/mol. The highest BCUT2D eigenvalue weighted by molar-refractivity contribution is 9.09. The highest BCUT2D eigenvalue weighted by Gasteiger charge is 2.14. The highest BCUT2D eigenvalue weighted by atomic mass is 79.9. The molecule has 0 fully saturated rings. The molecule has 0 aliphatic heterocycles. The summed E-state index contributed by atoms with van der Waals surface area (Å²) in [5.41, 5.74) is 0.707. The van der Waals surface area contributed by atoms with E-state index < -0.39 is 22.5 Å². The van der Waals surface area contributed by atoms with Crippen LogP contribution in [0.25, 0.3) is 0 Å². The molecular formula is C12H12BrNO4S. The lowest BCUT2D eigenvalue weighted by Gasteiger charge is -2.04. The lowest BCUT2D eigenvalue weighted by atomic mass is 10.2. The summed E-state index contributed by atoms with van der Waals surface area (Å²) >= 11 is 3.25. The molecule has 0 spiro atoms. The van der Waals surface area contributed by atoms with Crippen molar-refractivity contribution in [1.82, 2.24) is 4.72 Å². The van der Waals surface area contributed by atoms with Crippen molar-refractivity contribution in [2.45, 2.75) is 11.3 Å². The van der Waals surface area contributed by atoms with Crippen LogP contribution in [-0.2, 0) is 14.8 Å². The second kappa shape index (κ2) is 7.28. The number of benzene rings is 1. The molecule has 5 nitrogen and oxygen atoms in total. The van der Waals surface area contributed by atoms with Gasteiger partial charge >= 0.3 is 5.97 Å². The van der Waals surface area contributed by atoms with Crippen molar-refractivity contribution in [2.75, 3.05) is 11.9 Å². The molecule has 7 heteroatoms.